The molecule has 0 spiro atoms. The summed E-state index contributed by atoms with van der Waals surface area (Å²) in [4.78, 5) is 10.7. The van der Waals surface area contributed by atoms with Gasteiger partial charge in [-0.1, -0.05) is 18.2 Å². The predicted octanol–water partition coefficient (Wildman–Crippen LogP) is 3.12. The maximum absolute atomic E-state index is 10.7. The third-order valence-corrected chi connectivity index (χ3v) is 2.29. The Morgan fingerprint density at radius 3 is 2.53 bits per heavy atom. The van der Waals surface area contributed by atoms with Crippen LogP contribution in [0.5, 0.6) is 5.75 Å². The van der Waals surface area contributed by atoms with Gasteiger partial charge in [-0.2, -0.15) is 0 Å². The van der Waals surface area contributed by atoms with Gasteiger partial charge in [0, 0.05) is 0 Å². The molecule has 2 aromatic rings. The number of para-hydroxylation sites is 1. The molecule has 0 aliphatic rings. The van der Waals surface area contributed by atoms with E-state index >= 15 is 0 Å². The van der Waals surface area contributed by atoms with Crippen LogP contribution < -0.4 is 4.74 Å². The van der Waals surface area contributed by atoms with Crippen molar-refractivity contribution in [3.8, 4) is 5.75 Å². The molecule has 0 amide bonds. The van der Waals surface area contributed by atoms with Gasteiger partial charge in [-0.15, -0.1) is 0 Å². The van der Waals surface area contributed by atoms with E-state index in [-0.39, 0.29) is 11.9 Å². The molecular formula is C13H12O4. The van der Waals surface area contributed by atoms with Gasteiger partial charge in [-0.05, 0) is 31.2 Å². The van der Waals surface area contributed by atoms with Gasteiger partial charge in [0.1, 0.15) is 11.5 Å². The number of hydrogen-bond donors (Lipinski definition) is 1. The van der Waals surface area contributed by atoms with Gasteiger partial charge in [-0.3, -0.25) is 0 Å². The minimum Gasteiger partial charge on any atom is -0.483 e. The fraction of sp³-hybridized carbons (Fsp3) is 0.154. The SMILES string of the molecule is CC(Oc1ccccc1)c1ccc(C(=O)O)o1. The quantitative estimate of drug-likeness (QED) is 0.879. The number of ether oxygens (including phenoxy) is 1. The molecule has 4 heteroatoms. The topological polar surface area (TPSA) is 59.7 Å². The van der Waals surface area contributed by atoms with Crippen molar-refractivity contribution >= 4 is 5.97 Å². The number of rotatable bonds is 4. The molecule has 2 rings (SSSR count). The van der Waals surface area contributed by atoms with Gasteiger partial charge in [0.2, 0.25) is 5.76 Å². The second-order valence-electron chi connectivity index (χ2n) is 3.58. The molecule has 1 N–H and O–H groups in total. The number of benzene rings is 1. The summed E-state index contributed by atoms with van der Waals surface area (Å²) in [5.74, 6) is 0.0474. The summed E-state index contributed by atoms with van der Waals surface area (Å²) in [7, 11) is 0. The van der Waals surface area contributed by atoms with E-state index in [0.29, 0.717) is 11.5 Å². The van der Waals surface area contributed by atoms with Crippen LogP contribution in [0.4, 0.5) is 0 Å². The average Bonchev–Trinajstić information content (AvgIpc) is 2.79. The first-order chi connectivity index (χ1) is 8.16. The van der Waals surface area contributed by atoms with Crippen molar-refractivity contribution in [1.29, 1.82) is 0 Å². The van der Waals surface area contributed by atoms with Gasteiger partial charge in [-0.25, -0.2) is 4.79 Å². The van der Waals surface area contributed by atoms with Crippen LogP contribution in [0.25, 0.3) is 0 Å². The maximum atomic E-state index is 10.7. The van der Waals surface area contributed by atoms with Gasteiger partial charge >= 0.3 is 5.97 Å². The molecule has 17 heavy (non-hydrogen) atoms. The van der Waals surface area contributed by atoms with Crippen LogP contribution in [0.15, 0.2) is 46.9 Å². The van der Waals surface area contributed by atoms with E-state index in [1.807, 2.05) is 30.3 Å². The highest BCUT2D eigenvalue weighted by molar-refractivity contribution is 5.84. The first-order valence-electron chi connectivity index (χ1n) is 5.21. The van der Waals surface area contributed by atoms with Crippen molar-refractivity contribution in [3.63, 3.8) is 0 Å². The van der Waals surface area contributed by atoms with Gasteiger partial charge in [0.15, 0.2) is 6.10 Å². The summed E-state index contributed by atoms with van der Waals surface area (Å²) in [6.45, 7) is 1.80. The van der Waals surface area contributed by atoms with Gasteiger partial charge in [0.25, 0.3) is 0 Å². The normalized spacial score (nSPS) is 12.1. The monoisotopic (exact) mass is 232 g/mol. The van der Waals surface area contributed by atoms with Crippen molar-refractivity contribution in [3.05, 3.63) is 54.0 Å². The summed E-state index contributed by atoms with van der Waals surface area (Å²) < 4.78 is 10.8. The van der Waals surface area contributed by atoms with E-state index in [9.17, 15) is 4.79 Å². The molecule has 1 unspecified atom stereocenters. The molecule has 0 aliphatic carbocycles. The highest BCUT2D eigenvalue weighted by atomic mass is 16.5. The first-order valence-corrected chi connectivity index (χ1v) is 5.21. The van der Waals surface area contributed by atoms with Crippen molar-refractivity contribution in [2.24, 2.45) is 0 Å². The lowest BCUT2D eigenvalue weighted by atomic mass is 10.3. The molecule has 0 bridgehead atoms. The highest BCUT2D eigenvalue weighted by Crippen LogP contribution is 2.22. The summed E-state index contributed by atoms with van der Waals surface area (Å²) in [6, 6.07) is 12.3. The van der Waals surface area contributed by atoms with Crippen LogP contribution in [0.3, 0.4) is 0 Å². The molecule has 0 saturated carbocycles. The molecule has 1 heterocycles. The Morgan fingerprint density at radius 2 is 1.94 bits per heavy atom. The number of furan rings is 1. The third-order valence-electron chi connectivity index (χ3n) is 2.29. The molecule has 88 valence electrons. The lowest BCUT2D eigenvalue weighted by Crippen LogP contribution is -2.01. The molecule has 1 aromatic heterocycles. The number of carbonyl (C=O) groups is 1. The standard InChI is InChI=1S/C13H12O4/c1-9(16-10-5-3-2-4-6-10)11-7-8-12(17-11)13(14)15/h2-9H,1H3,(H,14,15). The lowest BCUT2D eigenvalue weighted by Gasteiger charge is -2.11. The van der Waals surface area contributed by atoms with E-state index in [1.54, 1.807) is 13.0 Å². The molecule has 0 saturated heterocycles. The van der Waals surface area contributed by atoms with Crippen LogP contribution in [0.2, 0.25) is 0 Å². The molecule has 4 nitrogen and oxygen atoms in total. The highest BCUT2D eigenvalue weighted by Gasteiger charge is 2.15. The Kier molecular flexibility index (Phi) is 3.14. The zero-order valence-corrected chi connectivity index (χ0v) is 9.29. The van der Waals surface area contributed by atoms with E-state index in [2.05, 4.69) is 0 Å². The predicted molar refractivity (Wildman–Crippen MR) is 61.2 cm³/mol. The molecule has 1 aromatic carbocycles. The minimum absolute atomic E-state index is 0.0801. The lowest BCUT2D eigenvalue weighted by molar-refractivity contribution is 0.0655. The molecule has 0 fully saturated rings. The average molecular weight is 232 g/mol. The Labute approximate surface area is 98.4 Å². The van der Waals surface area contributed by atoms with E-state index in [1.165, 1.54) is 6.07 Å². The zero-order valence-electron chi connectivity index (χ0n) is 9.29. The second kappa shape index (κ2) is 4.74. The Balaban J connectivity index is 2.09. The molecular weight excluding hydrogens is 220 g/mol. The molecule has 0 aliphatic heterocycles. The van der Waals surface area contributed by atoms with Crippen molar-refractivity contribution < 1.29 is 19.1 Å². The summed E-state index contributed by atoms with van der Waals surface area (Å²) in [6.07, 6.45) is -0.328. The number of hydrogen-bond acceptors (Lipinski definition) is 3. The zero-order chi connectivity index (χ0) is 12.3. The van der Waals surface area contributed by atoms with Gasteiger partial charge in [0.05, 0.1) is 0 Å². The smallest absolute Gasteiger partial charge is 0.371 e. The van der Waals surface area contributed by atoms with Crippen LogP contribution in [-0.2, 0) is 0 Å². The van der Waals surface area contributed by atoms with E-state index in [4.69, 9.17) is 14.3 Å². The van der Waals surface area contributed by atoms with Crippen LogP contribution in [-0.4, -0.2) is 11.1 Å². The van der Waals surface area contributed by atoms with Gasteiger partial charge < -0.3 is 14.3 Å². The summed E-state index contributed by atoms with van der Waals surface area (Å²) >= 11 is 0. The Bertz CT molecular complexity index is 501. The summed E-state index contributed by atoms with van der Waals surface area (Å²) in [5, 5.41) is 8.74. The fourth-order valence-electron chi connectivity index (χ4n) is 1.45. The third kappa shape index (κ3) is 2.66. The molecule has 1 atom stereocenters. The van der Waals surface area contributed by atoms with Crippen molar-refractivity contribution in [2.45, 2.75) is 13.0 Å². The van der Waals surface area contributed by atoms with E-state index < -0.39 is 5.97 Å². The van der Waals surface area contributed by atoms with E-state index in [0.717, 1.165) is 0 Å². The first kappa shape index (κ1) is 11.3. The second-order valence-corrected chi connectivity index (χ2v) is 3.58. The number of carboxylic acid groups (broad SMARTS) is 1. The Hall–Kier alpha value is -2.23. The number of aromatic carboxylic acids is 1. The van der Waals surface area contributed by atoms with Crippen molar-refractivity contribution in [2.75, 3.05) is 0 Å². The minimum atomic E-state index is -1.08. The summed E-state index contributed by atoms with van der Waals surface area (Å²) in [5.41, 5.74) is 0. The molecule has 0 radical (unpaired) electrons. The maximum Gasteiger partial charge on any atom is 0.371 e. The van der Waals surface area contributed by atoms with Crippen LogP contribution >= 0.6 is 0 Å². The largest absolute Gasteiger partial charge is 0.483 e. The van der Waals surface area contributed by atoms with Crippen LogP contribution in [0.1, 0.15) is 29.3 Å². The van der Waals surface area contributed by atoms with Crippen molar-refractivity contribution in [1.82, 2.24) is 0 Å². The van der Waals surface area contributed by atoms with Crippen LogP contribution in [0, 0.1) is 0 Å². The number of carboxylic acids is 1. The Morgan fingerprint density at radius 1 is 1.24 bits per heavy atom. The fourth-order valence-corrected chi connectivity index (χ4v) is 1.45.